The van der Waals surface area contributed by atoms with Crippen molar-refractivity contribution in [3.63, 3.8) is 0 Å². The van der Waals surface area contributed by atoms with Gasteiger partial charge in [0.2, 0.25) is 0 Å². The highest BCUT2D eigenvalue weighted by molar-refractivity contribution is 14.0. The van der Waals surface area contributed by atoms with Gasteiger partial charge in [0.15, 0.2) is 15.8 Å². The van der Waals surface area contributed by atoms with Crippen LogP contribution < -0.4 is 10.6 Å². The van der Waals surface area contributed by atoms with Crippen LogP contribution in [-0.4, -0.2) is 44.0 Å². The highest BCUT2D eigenvalue weighted by atomic mass is 127. The van der Waals surface area contributed by atoms with E-state index in [0.717, 1.165) is 18.0 Å². The van der Waals surface area contributed by atoms with Crippen molar-refractivity contribution in [3.8, 4) is 0 Å². The third-order valence-corrected chi connectivity index (χ3v) is 5.64. The second kappa shape index (κ2) is 11.2. The molecular formula is C13H25IN4O2S2. The first kappa shape index (κ1) is 21.6. The Morgan fingerprint density at radius 2 is 2.05 bits per heavy atom. The van der Waals surface area contributed by atoms with E-state index in [0.29, 0.717) is 19.0 Å². The molecule has 0 aliphatic rings. The van der Waals surface area contributed by atoms with Crippen molar-refractivity contribution >= 4 is 51.1 Å². The molecule has 0 unspecified atom stereocenters. The van der Waals surface area contributed by atoms with Crippen molar-refractivity contribution in [1.29, 1.82) is 0 Å². The number of guanidine groups is 1. The average Bonchev–Trinajstić information content (AvgIpc) is 2.92. The lowest BCUT2D eigenvalue weighted by atomic mass is 10.4. The van der Waals surface area contributed by atoms with E-state index in [9.17, 15) is 8.42 Å². The van der Waals surface area contributed by atoms with E-state index in [4.69, 9.17) is 0 Å². The van der Waals surface area contributed by atoms with Crippen LogP contribution in [0.1, 0.15) is 30.7 Å². The normalized spacial score (nSPS) is 11.9. The summed E-state index contributed by atoms with van der Waals surface area (Å²) < 4.78 is 22.9. The fraction of sp³-hybridized carbons (Fsp3) is 0.692. The average molecular weight is 460 g/mol. The molecule has 0 radical (unpaired) electrons. The maximum atomic E-state index is 11.4. The van der Waals surface area contributed by atoms with Gasteiger partial charge in [-0.05, 0) is 13.3 Å². The van der Waals surface area contributed by atoms with Gasteiger partial charge in [0.1, 0.15) is 5.01 Å². The number of nitrogens with zero attached hydrogens (tertiary/aromatic N) is 2. The topological polar surface area (TPSA) is 83.4 Å². The Bertz CT molecular complexity index is 558. The summed E-state index contributed by atoms with van der Waals surface area (Å²) in [5.74, 6) is 0.906. The molecule has 0 fully saturated rings. The van der Waals surface area contributed by atoms with E-state index >= 15 is 0 Å². The number of thiazole rings is 1. The molecule has 1 rings (SSSR count). The quantitative estimate of drug-likeness (QED) is 0.351. The lowest BCUT2D eigenvalue weighted by Gasteiger charge is -2.10. The van der Waals surface area contributed by atoms with E-state index < -0.39 is 9.84 Å². The van der Waals surface area contributed by atoms with Crippen LogP contribution in [0.5, 0.6) is 0 Å². The Hall–Kier alpha value is -0.420. The van der Waals surface area contributed by atoms with Crippen molar-refractivity contribution in [2.45, 2.75) is 33.7 Å². The van der Waals surface area contributed by atoms with Gasteiger partial charge in [-0.25, -0.2) is 18.4 Å². The molecule has 128 valence electrons. The predicted molar refractivity (Wildman–Crippen MR) is 104 cm³/mol. The van der Waals surface area contributed by atoms with Crippen molar-refractivity contribution in [2.24, 2.45) is 4.99 Å². The fourth-order valence-corrected chi connectivity index (χ4v) is 3.03. The maximum absolute atomic E-state index is 11.4. The standard InChI is InChI=1S/C13H24N4O2S2.HI/c1-4-11-9-16-12(20-11)10-17-13(14-5-2)15-7-8-21(18,19)6-3;/h9H,4-8,10H2,1-3H3,(H2,14,15,17);1H. The molecule has 1 aromatic rings. The van der Waals surface area contributed by atoms with Crippen LogP contribution in [-0.2, 0) is 22.8 Å². The van der Waals surface area contributed by atoms with Crippen LogP contribution >= 0.6 is 35.3 Å². The largest absolute Gasteiger partial charge is 0.357 e. The predicted octanol–water partition coefficient (Wildman–Crippen LogP) is 1.81. The van der Waals surface area contributed by atoms with Gasteiger partial charge in [0, 0.05) is 29.9 Å². The number of aryl methyl sites for hydroxylation is 1. The molecule has 0 bridgehead atoms. The molecule has 0 aromatic carbocycles. The number of hydrogen-bond acceptors (Lipinski definition) is 5. The van der Waals surface area contributed by atoms with Crippen LogP contribution in [0, 0.1) is 0 Å². The fourth-order valence-electron chi connectivity index (χ4n) is 1.54. The summed E-state index contributed by atoms with van der Waals surface area (Å²) in [6.07, 6.45) is 2.86. The monoisotopic (exact) mass is 460 g/mol. The Labute approximate surface area is 154 Å². The van der Waals surface area contributed by atoms with Gasteiger partial charge in [-0.3, -0.25) is 0 Å². The van der Waals surface area contributed by atoms with Gasteiger partial charge in [-0.1, -0.05) is 13.8 Å². The number of nitrogens with one attached hydrogen (secondary N) is 2. The third kappa shape index (κ3) is 8.28. The molecule has 0 spiro atoms. The minimum atomic E-state index is -2.95. The number of rotatable bonds is 8. The van der Waals surface area contributed by atoms with Crippen LogP contribution in [0.15, 0.2) is 11.2 Å². The second-order valence-corrected chi connectivity index (χ2v) is 8.10. The summed E-state index contributed by atoms with van der Waals surface area (Å²) in [5, 5.41) is 7.10. The van der Waals surface area contributed by atoms with E-state index in [1.54, 1.807) is 18.3 Å². The van der Waals surface area contributed by atoms with Crippen molar-refractivity contribution in [1.82, 2.24) is 15.6 Å². The Morgan fingerprint density at radius 1 is 1.32 bits per heavy atom. The Kier molecular flexibility index (Phi) is 11.0. The zero-order chi connectivity index (χ0) is 15.7. The molecule has 1 heterocycles. The Morgan fingerprint density at radius 3 is 2.59 bits per heavy atom. The first-order valence-electron chi connectivity index (χ1n) is 7.16. The zero-order valence-electron chi connectivity index (χ0n) is 13.3. The summed E-state index contributed by atoms with van der Waals surface area (Å²) in [6.45, 7) is 7.31. The molecule has 0 saturated heterocycles. The van der Waals surface area contributed by atoms with Crippen LogP contribution in [0.4, 0.5) is 0 Å². The first-order valence-corrected chi connectivity index (χ1v) is 9.80. The molecule has 0 amide bonds. The van der Waals surface area contributed by atoms with E-state index in [1.807, 2.05) is 13.1 Å². The molecule has 22 heavy (non-hydrogen) atoms. The minimum Gasteiger partial charge on any atom is -0.357 e. The molecule has 0 saturated carbocycles. The highest BCUT2D eigenvalue weighted by Gasteiger charge is 2.07. The first-order chi connectivity index (χ1) is 10.0. The van der Waals surface area contributed by atoms with Gasteiger partial charge in [0.05, 0.1) is 12.3 Å². The molecule has 1 aromatic heterocycles. The van der Waals surface area contributed by atoms with E-state index in [-0.39, 0.29) is 35.5 Å². The summed E-state index contributed by atoms with van der Waals surface area (Å²) in [4.78, 5) is 9.98. The third-order valence-electron chi connectivity index (χ3n) is 2.81. The summed E-state index contributed by atoms with van der Waals surface area (Å²) in [6, 6.07) is 0. The van der Waals surface area contributed by atoms with Gasteiger partial charge in [-0.15, -0.1) is 35.3 Å². The van der Waals surface area contributed by atoms with Crippen LogP contribution in [0.3, 0.4) is 0 Å². The second-order valence-electron chi connectivity index (χ2n) is 4.43. The van der Waals surface area contributed by atoms with Gasteiger partial charge in [0.25, 0.3) is 0 Å². The van der Waals surface area contributed by atoms with Crippen molar-refractivity contribution in [3.05, 3.63) is 16.1 Å². The minimum absolute atomic E-state index is 0. The van der Waals surface area contributed by atoms with Crippen molar-refractivity contribution in [2.75, 3.05) is 24.6 Å². The Balaban J connectivity index is 0.00000441. The number of hydrogen-bond donors (Lipinski definition) is 2. The maximum Gasteiger partial charge on any atom is 0.191 e. The lowest BCUT2D eigenvalue weighted by Crippen LogP contribution is -2.39. The van der Waals surface area contributed by atoms with Gasteiger partial charge < -0.3 is 10.6 Å². The molecule has 6 nitrogen and oxygen atoms in total. The molecular weight excluding hydrogens is 435 g/mol. The molecule has 0 aliphatic carbocycles. The van der Waals surface area contributed by atoms with Gasteiger partial charge in [-0.2, -0.15) is 0 Å². The molecule has 0 aliphatic heterocycles. The van der Waals surface area contributed by atoms with Crippen LogP contribution in [0.25, 0.3) is 0 Å². The van der Waals surface area contributed by atoms with Crippen LogP contribution in [0.2, 0.25) is 0 Å². The van der Waals surface area contributed by atoms with E-state index in [2.05, 4.69) is 27.5 Å². The number of halogens is 1. The molecule has 0 atom stereocenters. The summed E-state index contributed by atoms with van der Waals surface area (Å²) in [7, 11) is -2.95. The highest BCUT2D eigenvalue weighted by Crippen LogP contribution is 2.13. The van der Waals surface area contributed by atoms with E-state index in [1.165, 1.54) is 4.88 Å². The lowest BCUT2D eigenvalue weighted by molar-refractivity contribution is 0.595. The molecule has 9 heteroatoms. The number of aromatic nitrogens is 1. The smallest absolute Gasteiger partial charge is 0.191 e. The zero-order valence-corrected chi connectivity index (χ0v) is 17.2. The summed E-state index contributed by atoms with van der Waals surface area (Å²) in [5.41, 5.74) is 0. The van der Waals surface area contributed by atoms with Crippen molar-refractivity contribution < 1.29 is 8.42 Å². The van der Waals surface area contributed by atoms with Gasteiger partial charge >= 0.3 is 0 Å². The SMILES string of the molecule is CCNC(=NCc1ncc(CC)s1)NCCS(=O)(=O)CC.I. The molecule has 2 N–H and O–H groups in total. The number of sulfone groups is 1. The summed E-state index contributed by atoms with van der Waals surface area (Å²) >= 11 is 1.66. The number of aliphatic imine (C=N–C) groups is 1.